The molecule has 110 valence electrons. The summed E-state index contributed by atoms with van der Waals surface area (Å²) in [4.78, 5) is 3.93. The average molecular weight is 286 g/mol. The summed E-state index contributed by atoms with van der Waals surface area (Å²) in [5, 5.41) is 0. The van der Waals surface area contributed by atoms with E-state index in [4.69, 9.17) is 23.6 Å². The second kappa shape index (κ2) is 5.72. The minimum Gasteiger partial charge on any atom is -0.475 e. The minimum absolute atomic E-state index is 0.252. The zero-order valence-electron chi connectivity index (χ0n) is 18.9. The molecule has 20 heavy (non-hydrogen) atoms. The molecule has 0 N–H and O–H groups in total. The van der Waals surface area contributed by atoms with E-state index in [9.17, 15) is 0 Å². The van der Waals surface area contributed by atoms with Gasteiger partial charge in [0.05, 0.1) is 27.4 Å². The average Bonchev–Trinajstić information content (AvgIpc) is 2.65. The van der Waals surface area contributed by atoms with E-state index in [0.29, 0.717) is 5.46 Å². The zero-order valence-corrected chi connectivity index (χ0v) is 11.9. The largest absolute Gasteiger partial charge is 0.496 e. The number of nitrogens with zero attached hydrogens (tertiary/aromatic N) is 1. The molecule has 0 spiro atoms. The van der Waals surface area contributed by atoms with E-state index in [1.54, 1.807) is 6.07 Å². The van der Waals surface area contributed by atoms with Crippen molar-refractivity contribution in [2.75, 3.05) is 20.2 Å². The Kier molecular flexibility index (Phi) is 2.39. The fourth-order valence-electron chi connectivity index (χ4n) is 1.66. The minimum atomic E-state index is -3.23. The van der Waals surface area contributed by atoms with Crippen LogP contribution in [0.4, 0.5) is 0 Å². The van der Waals surface area contributed by atoms with Crippen molar-refractivity contribution in [2.24, 2.45) is 0 Å². The molecule has 0 atom stereocenters. The SMILES string of the molecule is [2H]C([2H])([2H])OC([2H])([2H])C([2H])([2H])Oc1ccc(B2OC(C)(C)C(C)(C)O2)cn1. The summed E-state index contributed by atoms with van der Waals surface area (Å²) in [5.74, 6) is -0.252. The van der Waals surface area contributed by atoms with Gasteiger partial charge >= 0.3 is 7.12 Å². The summed E-state index contributed by atoms with van der Waals surface area (Å²) in [6.45, 7) is 1.28. The lowest BCUT2D eigenvalue weighted by Crippen LogP contribution is -2.41. The molecule has 0 aliphatic carbocycles. The van der Waals surface area contributed by atoms with Gasteiger partial charge in [-0.25, -0.2) is 4.98 Å². The third kappa shape index (κ3) is 3.14. The maximum Gasteiger partial charge on any atom is 0.496 e. The lowest BCUT2D eigenvalue weighted by atomic mass is 9.80. The van der Waals surface area contributed by atoms with Crippen molar-refractivity contribution in [1.82, 2.24) is 4.98 Å². The Bertz CT molecular complexity index is 663. The van der Waals surface area contributed by atoms with E-state index >= 15 is 0 Å². The third-order valence-corrected chi connectivity index (χ3v) is 3.53. The van der Waals surface area contributed by atoms with Gasteiger partial charge in [0.1, 0.15) is 6.56 Å². The molecule has 0 unspecified atom stereocenters. The summed E-state index contributed by atoms with van der Waals surface area (Å²) in [6, 6.07) is 2.85. The number of pyridine rings is 1. The summed E-state index contributed by atoms with van der Waals surface area (Å²) in [6.07, 6.45) is 1.35. The van der Waals surface area contributed by atoms with E-state index in [2.05, 4.69) is 9.72 Å². The monoisotopic (exact) mass is 286 g/mol. The zero-order chi connectivity index (χ0) is 20.9. The Labute approximate surface area is 130 Å². The van der Waals surface area contributed by atoms with Gasteiger partial charge in [0.2, 0.25) is 5.88 Å². The molecule has 0 aromatic carbocycles. The number of hydrogen-bond donors (Lipinski definition) is 0. The Balaban J connectivity index is 2.12. The van der Waals surface area contributed by atoms with Crippen molar-refractivity contribution in [2.45, 2.75) is 38.9 Å². The number of methoxy groups -OCH3 is 1. The van der Waals surface area contributed by atoms with E-state index in [0.717, 1.165) is 0 Å². The van der Waals surface area contributed by atoms with Crippen LogP contribution in [0.3, 0.4) is 0 Å². The van der Waals surface area contributed by atoms with E-state index < -0.39 is 38.5 Å². The Hall–Kier alpha value is -1.11. The van der Waals surface area contributed by atoms with Gasteiger partial charge in [-0.1, -0.05) is 6.07 Å². The first-order valence-corrected chi connectivity index (χ1v) is 6.17. The van der Waals surface area contributed by atoms with Crippen LogP contribution in [0.25, 0.3) is 0 Å². The maximum atomic E-state index is 7.68. The van der Waals surface area contributed by atoms with Crippen LogP contribution < -0.4 is 10.2 Å². The Morgan fingerprint density at radius 2 is 1.95 bits per heavy atom. The predicted molar refractivity (Wildman–Crippen MR) is 77.3 cm³/mol. The second-order valence-corrected chi connectivity index (χ2v) is 5.43. The molecule has 0 saturated carbocycles. The van der Waals surface area contributed by atoms with Crippen LogP contribution in [0.1, 0.15) is 37.3 Å². The Morgan fingerprint density at radius 1 is 1.25 bits per heavy atom. The van der Waals surface area contributed by atoms with Gasteiger partial charge in [0.15, 0.2) is 0 Å². The van der Waals surface area contributed by atoms with Crippen LogP contribution in [0.2, 0.25) is 0 Å². The molecule has 1 aliphatic heterocycles. The first-order valence-electron chi connectivity index (χ1n) is 9.67. The van der Waals surface area contributed by atoms with E-state index in [1.165, 1.54) is 12.3 Å². The summed E-state index contributed by atoms with van der Waals surface area (Å²) < 4.78 is 72.0. The fraction of sp³-hybridized carbons (Fsp3) is 0.643. The van der Waals surface area contributed by atoms with Crippen LogP contribution >= 0.6 is 0 Å². The number of aromatic nitrogens is 1. The molecule has 1 aromatic heterocycles. The molecule has 5 nitrogen and oxygen atoms in total. The standard InChI is InChI=1S/C14H22BNO4/c1-13(2)14(3,4)20-15(19-13)11-6-7-12(16-10-11)18-9-8-17-5/h6-7,10H,8-9H2,1-5H3/i5D3,8D2,9D2. The van der Waals surface area contributed by atoms with Crippen molar-refractivity contribution in [3.05, 3.63) is 18.3 Å². The van der Waals surface area contributed by atoms with Gasteiger partial charge in [0, 0.05) is 18.7 Å². The van der Waals surface area contributed by atoms with Crippen LogP contribution in [0, 0.1) is 0 Å². The first kappa shape index (κ1) is 8.36. The van der Waals surface area contributed by atoms with Crippen molar-refractivity contribution in [1.29, 1.82) is 0 Å². The topological polar surface area (TPSA) is 49.8 Å². The number of ether oxygens (including phenoxy) is 2. The Morgan fingerprint density at radius 3 is 2.50 bits per heavy atom. The molecule has 2 rings (SSSR count). The van der Waals surface area contributed by atoms with Gasteiger partial charge < -0.3 is 18.8 Å². The van der Waals surface area contributed by atoms with Crippen LogP contribution in [0.5, 0.6) is 5.88 Å². The van der Waals surface area contributed by atoms with Crippen molar-refractivity contribution < 1.29 is 28.4 Å². The van der Waals surface area contributed by atoms with Gasteiger partial charge in [-0.15, -0.1) is 0 Å². The van der Waals surface area contributed by atoms with Gasteiger partial charge in [-0.05, 0) is 33.8 Å². The van der Waals surface area contributed by atoms with Crippen molar-refractivity contribution >= 4 is 12.6 Å². The van der Waals surface area contributed by atoms with Crippen molar-refractivity contribution in [3.8, 4) is 5.88 Å². The van der Waals surface area contributed by atoms with Crippen LogP contribution in [-0.4, -0.2) is 43.5 Å². The highest BCUT2D eigenvalue weighted by Crippen LogP contribution is 2.36. The highest BCUT2D eigenvalue weighted by Gasteiger charge is 2.51. The number of rotatable bonds is 5. The second-order valence-electron chi connectivity index (χ2n) is 5.43. The third-order valence-electron chi connectivity index (χ3n) is 3.53. The van der Waals surface area contributed by atoms with Gasteiger partial charge in [-0.2, -0.15) is 0 Å². The predicted octanol–water partition coefficient (Wildman–Crippen LogP) is 1.41. The van der Waals surface area contributed by atoms with Crippen LogP contribution in [-0.2, 0) is 14.0 Å². The molecule has 0 bridgehead atoms. The number of hydrogen-bond acceptors (Lipinski definition) is 5. The molecule has 1 saturated heterocycles. The normalized spacial score (nSPS) is 27.4. The van der Waals surface area contributed by atoms with Gasteiger partial charge in [-0.3, -0.25) is 0 Å². The smallest absolute Gasteiger partial charge is 0.475 e. The molecule has 2 heterocycles. The molecule has 1 aliphatic rings. The lowest BCUT2D eigenvalue weighted by Gasteiger charge is -2.32. The van der Waals surface area contributed by atoms with E-state index in [-0.39, 0.29) is 5.88 Å². The first-order chi connectivity index (χ1) is 12.0. The molecular formula is C14H22BNO4. The lowest BCUT2D eigenvalue weighted by molar-refractivity contribution is 0.00578. The maximum absolute atomic E-state index is 7.68. The summed E-state index contributed by atoms with van der Waals surface area (Å²) in [7, 11) is -3.80. The highest BCUT2D eigenvalue weighted by atomic mass is 16.7. The molecular weight excluding hydrogens is 257 g/mol. The highest BCUT2D eigenvalue weighted by molar-refractivity contribution is 6.62. The van der Waals surface area contributed by atoms with E-state index in [1.807, 2.05) is 27.7 Å². The van der Waals surface area contributed by atoms with Gasteiger partial charge in [0.25, 0.3) is 0 Å². The molecule has 1 aromatic rings. The molecule has 0 radical (unpaired) electrons. The molecule has 6 heteroatoms. The van der Waals surface area contributed by atoms with Crippen molar-refractivity contribution in [3.63, 3.8) is 0 Å². The summed E-state index contributed by atoms with van der Waals surface area (Å²) in [5.41, 5.74) is -0.497. The fourth-order valence-corrected chi connectivity index (χ4v) is 1.66. The molecule has 0 amide bonds. The molecule has 1 fully saturated rings. The van der Waals surface area contributed by atoms with Crippen LogP contribution in [0.15, 0.2) is 18.3 Å². The summed E-state index contributed by atoms with van der Waals surface area (Å²) >= 11 is 0. The quantitative estimate of drug-likeness (QED) is 0.766.